The average Bonchev–Trinajstić information content (AvgIpc) is 3.29. The normalized spacial score (nSPS) is 16.7. The zero-order valence-electron chi connectivity index (χ0n) is 16.4. The molecule has 0 N–H and O–H groups in total. The molecular formula is C20H30N4O2. The van der Waals surface area contributed by atoms with E-state index < -0.39 is 0 Å². The lowest BCUT2D eigenvalue weighted by Crippen LogP contribution is -2.39. The Kier molecular flexibility index (Phi) is 5.81. The molecule has 0 aromatic carbocycles. The highest BCUT2D eigenvalue weighted by Crippen LogP contribution is 2.28. The van der Waals surface area contributed by atoms with Crippen LogP contribution in [0.1, 0.15) is 54.7 Å². The summed E-state index contributed by atoms with van der Waals surface area (Å²) in [4.78, 5) is 17.3. The summed E-state index contributed by atoms with van der Waals surface area (Å²) < 4.78 is 7.40. The second-order valence-electron chi connectivity index (χ2n) is 6.95. The quantitative estimate of drug-likeness (QED) is 0.764. The number of aromatic nitrogens is 2. The van der Waals surface area contributed by atoms with E-state index in [0.717, 1.165) is 50.2 Å². The monoisotopic (exact) mass is 358 g/mol. The van der Waals surface area contributed by atoms with Crippen molar-refractivity contribution in [2.24, 2.45) is 0 Å². The topological polar surface area (TPSA) is 54.5 Å². The van der Waals surface area contributed by atoms with Gasteiger partial charge in [0.05, 0.1) is 12.8 Å². The Labute approximate surface area is 155 Å². The second-order valence-corrected chi connectivity index (χ2v) is 6.95. The summed E-state index contributed by atoms with van der Waals surface area (Å²) in [5.74, 6) is 0.760. The van der Waals surface area contributed by atoms with Gasteiger partial charge in [0.1, 0.15) is 5.76 Å². The molecule has 0 bridgehead atoms. The second kappa shape index (κ2) is 8.08. The van der Waals surface area contributed by atoms with Crippen LogP contribution in [0.3, 0.4) is 0 Å². The maximum Gasteiger partial charge on any atom is 0.274 e. The first-order chi connectivity index (χ1) is 12.6. The van der Waals surface area contributed by atoms with E-state index in [4.69, 9.17) is 4.42 Å². The first-order valence-electron chi connectivity index (χ1n) is 9.69. The standard InChI is InChI=1S/C20H30N4O2/c1-5-23(6-2)15-10-11-18-17(13-15)19(21-24(18)7-3)20(25)22(4)14-16-9-8-12-26-16/h8-9,12,15H,5-7,10-11,13-14H2,1-4H3. The zero-order valence-corrected chi connectivity index (χ0v) is 16.4. The molecule has 0 aliphatic heterocycles. The molecule has 1 aliphatic rings. The molecular weight excluding hydrogens is 328 g/mol. The third-order valence-electron chi connectivity index (χ3n) is 5.47. The van der Waals surface area contributed by atoms with Crippen molar-refractivity contribution in [3.05, 3.63) is 41.1 Å². The predicted octanol–water partition coefficient (Wildman–Crippen LogP) is 2.97. The molecule has 0 radical (unpaired) electrons. The van der Waals surface area contributed by atoms with Crippen LogP contribution >= 0.6 is 0 Å². The van der Waals surface area contributed by atoms with Crippen molar-refractivity contribution in [2.45, 2.75) is 59.2 Å². The number of fused-ring (bicyclic) bond motifs is 1. The smallest absolute Gasteiger partial charge is 0.274 e. The molecule has 0 fully saturated rings. The Morgan fingerprint density at radius 3 is 2.73 bits per heavy atom. The van der Waals surface area contributed by atoms with Crippen LogP contribution in [0.5, 0.6) is 0 Å². The van der Waals surface area contributed by atoms with Gasteiger partial charge in [0.15, 0.2) is 5.69 Å². The fourth-order valence-electron chi connectivity index (χ4n) is 4.04. The summed E-state index contributed by atoms with van der Waals surface area (Å²) in [6.07, 6.45) is 4.67. The number of rotatable bonds is 7. The van der Waals surface area contributed by atoms with Crippen molar-refractivity contribution in [2.75, 3.05) is 20.1 Å². The van der Waals surface area contributed by atoms with Gasteiger partial charge in [-0.2, -0.15) is 5.10 Å². The van der Waals surface area contributed by atoms with Crippen LogP contribution < -0.4 is 0 Å². The molecule has 0 spiro atoms. The number of hydrogen-bond donors (Lipinski definition) is 0. The zero-order chi connectivity index (χ0) is 18.7. The van der Waals surface area contributed by atoms with Crippen LogP contribution in [-0.4, -0.2) is 51.7 Å². The van der Waals surface area contributed by atoms with E-state index >= 15 is 0 Å². The van der Waals surface area contributed by atoms with Gasteiger partial charge in [-0.1, -0.05) is 13.8 Å². The van der Waals surface area contributed by atoms with E-state index in [1.165, 1.54) is 5.69 Å². The minimum Gasteiger partial charge on any atom is -0.467 e. The molecule has 0 saturated carbocycles. The molecule has 26 heavy (non-hydrogen) atoms. The molecule has 2 aromatic heterocycles. The minimum absolute atomic E-state index is 0.0231. The number of nitrogens with zero attached hydrogens (tertiary/aromatic N) is 4. The van der Waals surface area contributed by atoms with Crippen LogP contribution in [0.25, 0.3) is 0 Å². The third-order valence-corrected chi connectivity index (χ3v) is 5.47. The molecule has 6 heteroatoms. The van der Waals surface area contributed by atoms with Crippen LogP contribution in [0.4, 0.5) is 0 Å². The van der Waals surface area contributed by atoms with Gasteiger partial charge in [0.2, 0.25) is 0 Å². The lowest BCUT2D eigenvalue weighted by molar-refractivity contribution is 0.0767. The average molecular weight is 358 g/mol. The van der Waals surface area contributed by atoms with Gasteiger partial charge in [-0.05, 0) is 51.4 Å². The van der Waals surface area contributed by atoms with Gasteiger partial charge >= 0.3 is 0 Å². The number of carbonyl (C=O) groups excluding carboxylic acids is 1. The number of likely N-dealkylation sites (N-methyl/N-ethyl adjacent to an activating group) is 1. The molecule has 2 heterocycles. The first kappa shape index (κ1) is 18.7. The lowest BCUT2D eigenvalue weighted by Gasteiger charge is -2.33. The maximum atomic E-state index is 13.1. The lowest BCUT2D eigenvalue weighted by atomic mass is 9.90. The van der Waals surface area contributed by atoms with Crippen molar-refractivity contribution >= 4 is 5.91 Å². The van der Waals surface area contributed by atoms with Crippen molar-refractivity contribution in [1.82, 2.24) is 19.6 Å². The molecule has 1 atom stereocenters. The predicted molar refractivity (Wildman–Crippen MR) is 101 cm³/mol. The fraction of sp³-hybridized carbons (Fsp3) is 0.600. The Balaban J connectivity index is 1.86. The maximum absolute atomic E-state index is 13.1. The molecule has 6 nitrogen and oxygen atoms in total. The van der Waals surface area contributed by atoms with Gasteiger partial charge in [-0.25, -0.2) is 0 Å². The third kappa shape index (κ3) is 3.56. The Morgan fingerprint density at radius 2 is 2.12 bits per heavy atom. The largest absolute Gasteiger partial charge is 0.467 e. The molecule has 0 saturated heterocycles. The molecule has 1 amide bonds. The van der Waals surface area contributed by atoms with E-state index in [9.17, 15) is 4.79 Å². The highest BCUT2D eigenvalue weighted by Gasteiger charge is 2.31. The van der Waals surface area contributed by atoms with Crippen molar-refractivity contribution in [3.63, 3.8) is 0 Å². The Morgan fingerprint density at radius 1 is 1.35 bits per heavy atom. The number of aryl methyl sites for hydroxylation is 1. The van der Waals surface area contributed by atoms with Crippen LogP contribution in [0.2, 0.25) is 0 Å². The number of hydrogen-bond acceptors (Lipinski definition) is 4. The SMILES string of the molecule is CCN(CC)C1CCc2c(c(C(=O)N(C)Cc3ccco3)nn2CC)C1. The molecule has 2 aromatic rings. The molecule has 142 valence electrons. The number of amides is 1. The van der Waals surface area contributed by atoms with Crippen LogP contribution in [0.15, 0.2) is 22.8 Å². The van der Waals surface area contributed by atoms with Gasteiger partial charge < -0.3 is 14.2 Å². The highest BCUT2D eigenvalue weighted by molar-refractivity contribution is 5.94. The summed E-state index contributed by atoms with van der Waals surface area (Å²) in [5.41, 5.74) is 3.00. The van der Waals surface area contributed by atoms with E-state index in [0.29, 0.717) is 18.3 Å². The van der Waals surface area contributed by atoms with Gasteiger partial charge in [-0.3, -0.25) is 9.48 Å². The van der Waals surface area contributed by atoms with Crippen molar-refractivity contribution in [1.29, 1.82) is 0 Å². The summed E-state index contributed by atoms with van der Waals surface area (Å²) >= 11 is 0. The van der Waals surface area contributed by atoms with Gasteiger partial charge in [0, 0.05) is 30.9 Å². The minimum atomic E-state index is -0.0231. The Hall–Kier alpha value is -2.08. The summed E-state index contributed by atoms with van der Waals surface area (Å²) in [6, 6.07) is 4.23. The summed E-state index contributed by atoms with van der Waals surface area (Å²) in [5, 5.41) is 4.68. The van der Waals surface area contributed by atoms with E-state index in [1.54, 1.807) is 11.2 Å². The Bertz CT molecular complexity index is 731. The molecule has 1 aliphatic carbocycles. The van der Waals surface area contributed by atoms with Crippen LogP contribution in [-0.2, 0) is 25.9 Å². The molecule has 1 unspecified atom stereocenters. The summed E-state index contributed by atoms with van der Waals surface area (Å²) in [6.45, 7) is 9.84. The van der Waals surface area contributed by atoms with E-state index in [2.05, 4.69) is 30.8 Å². The van der Waals surface area contributed by atoms with Crippen molar-refractivity contribution in [3.8, 4) is 0 Å². The highest BCUT2D eigenvalue weighted by atomic mass is 16.3. The van der Waals surface area contributed by atoms with E-state index in [-0.39, 0.29) is 5.91 Å². The first-order valence-corrected chi connectivity index (χ1v) is 9.69. The fourth-order valence-corrected chi connectivity index (χ4v) is 4.04. The van der Waals surface area contributed by atoms with Crippen molar-refractivity contribution < 1.29 is 9.21 Å². The number of furan rings is 1. The number of carbonyl (C=O) groups is 1. The van der Waals surface area contributed by atoms with Gasteiger partial charge in [-0.15, -0.1) is 0 Å². The van der Waals surface area contributed by atoms with E-state index in [1.807, 2.05) is 23.9 Å². The summed E-state index contributed by atoms with van der Waals surface area (Å²) in [7, 11) is 1.81. The molecule has 3 rings (SSSR count). The van der Waals surface area contributed by atoms with Gasteiger partial charge in [0.25, 0.3) is 5.91 Å². The van der Waals surface area contributed by atoms with Crippen LogP contribution in [0, 0.1) is 0 Å².